The minimum Gasteiger partial charge on any atom is -0.399 e. The quantitative estimate of drug-likeness (QED) is 0.873. The highest BCUT2D eigenvalue weighted by molar-refractivity contribution is 5.66. The van der Waals surface area contributed by atoms with Gasteiger partial charge in [0.2, 0.25) is 5.82 Å². The minimum absolute atomic E-state index is 0.115. The van der Waals surface area contributed by atoms with Gasteiger partial charge in [0, 0.05) is 18.4 Å². The number of benzene rings is 1. The standard InChI is InChI=1S/C16H23N3O2/c1-9-7-11(17)8-12(10(9)2)15-18-14(19-21-15)13(20-6)16(3,4)5/h7-8,13H,17H2,1-6H3. The molecule has 0 saturated carbocycles. The summed E-state index contributed by atoms with van der Waals surface area (Å²) in [4.78, 5) is 4.50. The maximum atomic E-state index is 5.91. The lowest BCUT2D eigenvalue weighted by Crippen LogP contribution is -2.21. The van der Waals surface area contributed by atoms with Crippen LogP contribution in [0.25, 0.3) is 11.5 Å². The van der Waals surface area contributed by atoms with Crippen LogP contribution < -0.4 is 5.73 Å². The van der Waals surface area contributed by atoms with Crippen LogP contribution in [0.3, 0.4) is 0 Å². The van der Waals surface area contributed by atoms with Gasteiger partial charge in [-0.3, -0.25) is 0 Å². The third-order valence-corrected chi connectivity index (χ3v) is 3.62. The Morgan fingerprint density at radius 3 is 2.48 bits per heavy atom. The van der Waals surface area contributed by atoms with Gasteiger partial charge in [-0.1, -0.05) is 25.9 Å². The Balaban J connectivity index is 2.45. The fourth-order valence-electron chi connectivity index (χ4n) is 2.41. The Bertz CT molecular complexity index is 641. The molecule has 0 spiro atoms. The zero-order chi connectivity index (χ0) is 15.8. The third-order valence-electron chi connectivity index (χ3n) is 3.62. The molecule has 5 nitrogen and oxygen atoms in total. The molecule has 1 heterocycles. The van der Waals surface area contributed by atoms with E-state index in [2.05, 4.69) is 30.9 Å². The molecule has 0 aliphatic heterocycles. The zero-order valence-electron chi connectivity index (χ0n) is 13.5. The number of hydrogen-bond donors (Lipinski definition) is 1. The molecule has 2 N–H and O–H groups in total. The number of nitrogens with zero attached hydrogens (tertiary/aromatic N) is 2. The summed E-state index contributed by atoms with van der Waals surface area (Å²) in [5.74, 6) is 1.03. The van der Waals surface area contributed by atoms with Crippen LogP contribution in [-0.2, 0) is 4.74 Å². The van der Waals surface area contributed by atoms with Crippen molar-refractivity contribution < 1.29 is 9.26 Å². The van der Waals surface area contributed by atoms with Gasteiger partial charge in [-0.15, -0.1) is 0 Å². The second kappa shape index (κ2) is 5.48. The van der Waals surface area contributed by atoms with Gasteiger partial charge in [-0.2, -0.15) is 4.98 Å². The smallest absolute Gasteiger partial charge is 0.258 e. The van der Waals surface area contributed by atoms with E-state index in [1.54, 1.807) is 7.11 Å². The van der Waals surface area contributed by atoms with Gasteiger partial charge < -0.3 is 15.0 Å². The number of aromatic nitrogens is 2. The van der Waals surface area contributed by atoms with E-state index in [1.165, 1.54) is 0 Å². The summed E-state index contributed by atoms with van der Waals surface area (Å²) in [6.45, 7) is 10.3. The highest BCUT2D eigenvalue weighted by atomic mass is 16.5. The second-order valence-corrected chi connectivity index (χ2v) is 6.45. The fourth-order valence-corrected chi connectivity index (χ4v) is 2.41. The van der Waals surface area contributed by atoms with Crippen molar-refractivity contribution >= 4 is 5.69 Å². The Morgan fingerprint density at radius 1 is 1.24 bits per heavy atom. The lowest BCUT2D eigenvalue weighted by Gasteiger charge is -2.26. The van der Waals surface area contributed by atoms with E-state index in [0.717, 1.165) is 16.7 Å². The highest BCUT2D eigenvalue weighted by Crippen LogP contribution is 2.35. The van der Waals surface area contributed by atoms with Crippen LogP contribution in [0.15, 0.2) is 16.7 Å². The molecule has 1 aromatic heterocycles. The van der Waals surface area contributed by atoms with E-state index >= 15 is 0 Å². The molecule has 0 bridgehead atoms. The molecule has 0 aliphatic carbocycles. The average Bonchev–Trinajstić information content (AvgIpc) is 2.82. The Hall–Kier alpha value is -1.88. The number of anilines is 1. The Morgan fingerprint density at radius 2 is 1.90 bits per heavy atom. The second-order valence-electron chi connectivity index (χ2n) is 6.45. The first-order valence-corrected chi connectivity index (χ1v) is 6.97. The van der Waals surface area contributed by atoms with Crippen LogP contribution in [0.2, 0.25) is 0 Å². The van der Waals surface area contributed by atoms with Crippen LogP contribution in [0.4, 0.5) is 5.69 Å². The maximum Gasteiger partial charge on any atom is 0.258 e. The van der Waals surface area contributed by atoms with E-state index in [0.29, 0.717) is 17.4 Å². The van der Waals surface area contributed by atoms with Crippen LogP contribution in [-0.4, -0.2) is 17.3 Å². The zero-order valence-corrected chi connectivity index (χ0v) is 13.5. The van der Waals surface area contributed by atoms with Crippen LogP contribution >= 0.6 is 0 Å². The predicted octanol–water partition coefficient (Wildman–Crippen LogP) is 3.67. The monoisotopic (exact) mass is 289 g/mol. The number of rotatable bonds is 3. The molecule has 1 atom stereocenters. The molecule has 0 saturated heterocycles. The summed E-state index contributed by atoms with van der Waals surface area (Å²) in [6.07, 6.45) is -0.225. The van der Waals surface area contributed by atoms with Crippen molar-refractivity contribution in [3.8, 4) is 11.5 Å². The summed E-state index contributed by atoms with van der Waals surface area (Å²) < 4.78 is 10.9. The van der Waals surface area contributed by atoms with E-state index in [9.17, 15) is 0 Å². The Kier molecular flexibility index (Phi) is 4.05. The number of methoxy groups -OCH3 is 1. The molecule has 114 valence electrons. The molecule has 0 aliphatic rings. The van der Waals surface area contributed by atoms with Gasteiger partial charge >= 0.3 is 0 Å². The first-order chi connectivity index (χ1) is 9.74. The summed E-state index contributed by atoms with van der Waals surface area (Å²) >= 11 is 0. The van der Waals surface area contributed by atoms with Gasteiger partial charge in [0.05, 0.1) is 0 Å². The van der Waals surface area contributed by atoms with Gasteiger partial charge in [0.1, 0.15) is 6.10 Å². The normalized spacial score (nSPS) is 13.4. The van der Waals surface area contributed by atoms with Crippen molar-refractivity contribution in [1.82, 2.24) is 10.1 Å². The van der Waals surface area contributed by atoms with E-state index in [1.807, 2.05) is 26.0 Å². The SMILES string of the molecule is COC(c1noc(-c2cc(N)cc(C)c2C)n1)C(C)(C)C. The molecule has 2 rings (SSSR count). The average molecular weight is 289 g/mol. The van der Waals surface area contributed by atoms with Gasteiger partial charge in [0.25, 0.3) is 5.89 Å². The number of nitrogens with two attached hydrogens (primary N) is 1. The summed E-state index contributed by atoms with van der Waals surface area (Å²) in [5, 5.41) is 4.08. The molecule has 5 heteroatoms. The first-order valence-electron chi connectivity index (χ1n) is 6.97. The number of hydrogen-bond acceptors (Lipinski definition) is 5. The van der Waals surface area contributed by atoms with E-state index in [4.69, 9.17) is 15.0 Å². The fraction of sp³-hybridized carbons (Fsp3) is 0.500. The molecular weight excluding hydrogens is 266 g/mol. The van der Waals surface area contributed by atoms with Gasteiger partial charge in [-0.05, 0) is 42.5 Å². The molecule has 0 fully saturated rings. The molecule has 1 aromatic carbocycles. The largest absolute Gasteiger partial charge is 0.399 e. The summed E-state index contributed by atoms with van der Waals surface area (Å²) in [7, 11) is 1.65. The van der Waals surface area contributed by atoms with Crippen molar-refractivity contribution in [3.63, 3.8) is 0 Å². The van der Waals surface area contributed by atoms with E-state index in [-0.39, 0.29) is 11.5 Å². The summed E-state index contributed by atoms with van der Waals surface area (Å²) in [6, 6.07) is 3.79. The lowest BCUT2D eigenvalue weighted by atomic mass is 9.88. The maximum absolute atomic E-state index is 5.91. The molecule has 0 radical (unpaired) electrons. The van der Waals surface area contributed by atoms with Crippen molar-refractivity contribution in [2.45, 2.75) is 40.7 Å². The van der Waals surface area contributed by atoms with Gasteiger partial charge in [0.15, 0.2) is 0 Å². The van der Waals surface area contributed by atoms with Crippen molar-refractivity contribution in [2.75, 3.05) is 12.8 Å². The molecule has 0 amide bonds. The van der Waals surface area contributed by atoms with Gasteiger partial charge in [-0.25, -0.2) is 0 Å². The molecule has 21 heavy (non-hydrogen) atoms. The molecule has 2 aromatic rings. The van der Waals surface area contributed by atoms with Crippen LogP contribution in [0, 0.1) is 19.3 Å². The minimum atomic E-state index is -0.225. The lowest BCUT2D eigenvalue weighted by molar-refractivity contribution is 0.00718. The highest BCUT2D eigenvalue weighted by Gasteiger charge is 2.31. The topological polar surface area (TPSA) is 74.2 Å². The number of nitrogen functional groups attached to an aromatic ring is 1. The third kappa shape index (κ3) is 3.08. The van der Waals surface area contributed by atoms with Crippen LogP contribution in [0.1, 0.15) is 43.8 Å². The predicted molar refractivity (Wildman–Crippen MR) is 82.8 cm³/mol. The number of ether oxygens (including phenoxy) is 1. The van der Waals surface area contributed by atoms with Crippen molar-refractivity contribution in [2.24, 2.45) is 5.41 Å². The molecular formula is C16H23N3O2. The molecule has 1 unspecified atom stereocenters. The first kappa shape index (κ1) is 15.5. The van der Waals surface area contributed by atoms with Crippen molar-refractivity contribution in [3.05, 3.63) is 29.1 Å². The van der Waals surface area contributed by atoms with Crippen molar-refractivity contribution in [1.29, 1.82) is 0 Å². The number of aryl methyl sites for hydroxylation is 1. The van der Waals surface area contributed by atoms with Crippen LogP contribution in [0.5, 0.6) is 0 Å². The Labute approximate surface area is 125 Å². The summed E-state index contributed by atoms with van der Waals surface area (Å²) in [5.41, 5.74) is 9.54. The van der Waals surface area contributed by atoms with E-state index < -0.39 is 0 Å².